The highest BCUT2D eigenvalue weighted by molar-refractivity contribution is 6.31. The van der Waals surface area contributed by atoms with E-state index in [0.29, 0.717) is 36.5 Å². The average Bonchev–Trinajstić information content (AvgIpc) is 3.01. The van der Waals surface area contributed by atoms with E-state index in [0.717, 1.165) is 5.71 Å². The summed E-state index contributed by atoms with van der Waals surface area (Å²) >= 11 is 6.27. The first kappa shape index (κ1) is 20.4. The van der Waals surface area contributed by atoms with Gasteiger partial charge in [0, 0.05) is 12.3 Å². The second kappa shape index (κ2) is 8.78. The third kappa shape index (κ3) is 4.55. The molecule has 4 atom stereocenters. The number of aliphatic hydroxyl groups excluding tert-OH is 2. The number of aliphatic hydroxyl groups is 2. The zero-order chi connectivity index (χ0) is 20.3. The Labute approximate surface area is 168 Å². The molecule has 0 radical (unpaired) electrons. The van der Waals surface area contributed by atoms with E-state index in [1.165, 1.54) is 0 Å². The van der Waals surface area contributed by atoms with Crippen molar-refractivity contribution in [1.82, 2.24) is 9.97 Å². The molecule has 2 aliphatic rings. The van der Waals surface area contributed by atoms with Crippen molar-refractivity contribution in [2.45, 2.75) is 38.3 Å². The van der Waals surface area contributed by atoms with E-state index < -0.39 is 6.10 Å². The maximum absolute atomic E-state index is 10.2. The Morgan fingerprint density at radius 1 is 1.39 bits per heavy atom. The molecule has 0 saturated heterocycles. The molecule has 1 aliphatic carbocycles. The third-order valence-corrected chi connectivity index (χ3v) is 5.26. The van der Waals surface area contributed by atoms with Crippen LogP contribution in [0.1, 0.15) is 31.7 Å². The Hall–Kier alpha value is -2.34. The predicted molar refractivity (Wildman–Crippen MR) is 108 cm³/mol. The Kier molecular flexibility index (Phi) is 6.39. The minimum absolute atomic E-state index is 0.0207. The van der Waals surface area contributed by atoms with Crippen molar-refractivity contribution >= 4 is 29.1 Å². The standard InChI is InChI=1S/C19H24ClN5O3/c1-10-12(4-6-16(22-10)28-2)3-5-13-17(20)24-19(21)25-18(13)23-14-7-11(9-26)8-15(14)27/h6,11-12,14-15,26-27H,4,7-9H2,1-2H3,(H3,21,23,24,25)/t11-,12?,14+,15+/m0/s1. The number of hydrogen-bond acceptors (Lipinski definition) is 8. The molecule has 1 aromatic rings. The first-order valence-electron chi connectivity index (χ1n) is 9.10. The van der Waals surface area contributed by atoms with Crippen molar-refractivity contribution in [3.63, 3.8) is 0 Å². The summed E-state index contributed by atoms with van der Waals surface area (Å²) in [5, 5.41) is 22.9. The Morgan fingerprint density at radius 2 is 2.18 bits per heavy atom. The monoisotopic (exact) mass is 405 g/mol. The minimum atomic E-state index is -0.599. The number of aromatic nitrogens is 2. The van der Waals surface area contributed by atoms with E-state index in [1.807, 2.05) is 13.0 Å². The van der Waals surface area contributed by atoms with Crippen molar-refractivity contribution < 1.29 is 14.9 Å². The van der Waals surface area contributed by atoms with Gasteiger partial charge in [0.1, 0.15) is 11.4 Å². The summed E-state index contributed by atoms with van der Waals surface area (Å²) in [5.74, 6) is 7.16. The molecule has 9 heteroatoms. The smallest absolute Gasteiger partial charge is 0.223 e. The van der Waals surface area contributed by atoms with Crippen molar-refractivity contribution in [2.24, 2.45) is 16.8 Å². The van der Waals surface area contributed by atoms with Gasteiger partial charge in [-0.2, -0.15) is 9.97 Å². The van der Waals surface area contributed by atoms with E-state index in [4.69, 9.17) is 22.1 Å². The molecule has 1 saturated carbocycles. The molecule has 8 nitrogen and oxygen atoms in total. The van der Waals surface area contributed by atoms with Gasteiger partial charge < -0.3 is 26.0 Å². The van der Waals surface area contributed by atoms with Gasteiger partial charge in [0.15, 0.2) is 5.15 Å². The van der Waals surface area contributed by atoms with Gasteiger partial charge in [0.2, 0.25) is 11.8 Å². The lowest BCUT2D eigenvalue weighted by atomic mass is 9.98. The maximum Gasteiger partial charge on any atom is 0.223 e. The van der Waals surface area contributed by atoms with E-state index in [2.05, 4.69) is 32.1 Å². The summed E-state index contributed by atoms with van der Waals surface area (Å²) in [4.78, 5) is 12.6. The molecule has 1 aromatic heterocycles. The van der Waals surface area contributed by atoms with Crippen LogP contribution >= 0.6 is 11.6 Å². The highest BCUT2D eigenvalue weighted by Gasteiger charge is 2.33. The lowest BCUT2D eigenvalue weighted by molar-refractivity contribution is 0.157. The lowest BCUT2D eigenvalue weighted by Crippen LogP contribution is -2.29. The zero-order valence-electron chi connectivity index (χ0n) is 15.8. The lowest BCUT2D eigenvalue weighted by Gasteiger charge is -2.19. The third-order valence-electron chi connectivity index (χ3n) is 4.99. The molecule has 0 aromatic carbocycles. The van der Waals surface area contributed by atoms with Crippen LogP contribution in [0, 0.1) is 23.7 Å². The van der Waals surface area contributed by atoms with Gasteiger partial charge in [-0.1, -0.05) is 23.4 Å². The van der Waals surface area contributed by atoms with E-state index >= 15 is 0 Å². The number of anilines is 2. The number of nitrogens with one attached hydrogen (secondary N) is 1. The molecule has 0 bridgehead atoms. The number of methoxy groups -OCH3 is 1. The number of nitrogens with zero attached hydrogens (tertiary/aromatic N) is 3. The van der Waals surface area contributed by atoms with Crippen molar-refractivity contribution in [1.29, 1.82) is 0 Å². The van der Waals surface area contributed by atoms with Crippen LogP contribution in [-0.2, 0) is 4.74 Å². The molecule has 28 heavy (non-hydrogen) atoms. The summed E-state index contributed by atoms with van der Waals surface area (Å²) in [6.07, 6.45) is 3.11. The molecule has 1 aliphatic heterocycles. The van der Waals surface area contributed by atoms with Crippen LogP contribution in [0.4, 0.5) is 11.8 Å². The van der Waals surface area contributed by atoms with Crippen LogP contribution in [0.5, 0.6) is 0 Å². The Bertz CT molecular complexity index is 861. The molecular weight excluding hydrogens is 382 g/mol. The number of halogens is 1. The van der Waals surface area contributed by atoms with Gasteiger partial charge in [-0.3, -0.25) is 0 Å². The molecule has 0 spiro atoms. The highest BCUT2D eigenvalue weighted by atomic mass is 35.5. The Morgan fingerprint density at radius 3 is 2.82 bits per heavy atom. The summed E-state index contributed by atoms with van der Waals surface area (Å²) in [5.41, 5.74) is 7.02. The maximum atomic E-state index is 10.2. The first-order valence-corrected chi connectivity index (χ1v) is 9.48. The molecule has 1 fully saturated rings. The van der Waals surface area contributed by atoms with Gasteiger partial charge in [-0.05, 0) is 38.2 Å². The predicted octanol–water partition coefficient (Wildman–Crippen LogP) is 1.58. The number of aliphatic imine (C=N–C) groups is 1. The average molecular weight is 406 g/mol. The van der Waals surface area contributed by atoms with E-state index in [1.54, 1.807) is 7.11 Å². The molecule has 5 N–H and O–H groups in total. The minimum Gasteiger partial charge on any atom is -0.481 e. The van der Waals surface area contributed by atoms with Gasteiger partial charge in [0.25, 0.3) is 0 Å². The van der Waals surface area contributed by atoms with E-state index in [9.17, 15) is 10.2 Å². The summed E-state index contributed by atoms with van der Waals surface area (Å²) in [7, 11) is 1.58. The molecule has 150 valence electrons. The summed E-state index contributed by atoms with van der Waals surface area (Å²) in [6, 6.07) is -0.270. The second-order valence-electron chi connectivity index (χ2n) is 6.99. The summed E-state index contributed by atoms with van der Waals surface area (Å²) < 4.78 is 5.15. The van der Waals surface area contributed by atoms with Crippen molar-refractivity contribution in [2.75, 3.05) is 24.8 Å². The Balaban J connectivity index is 1.85. The SMILES string of the molecule is COC1=CCC(C#Cc2c(Cl)nc(N)nc2N[C@@H]2C[C@H](CO)C[C@H]2O)C(C)=N1. The van der Waals surface area contributed by atoms with Crippen molar-refractivity contribution in [3.8, 4) is 11.8 Å². The van der Waals surface area contributed by atoms with Gasteiger partial charge in [-0.25, -0.2) is 4.99 Å². The first-order chi connectivity index (χ1) is 13.4. The largest absolute Gasteiger partial charge is 0.481 e. The van der Waals surface area contributed by atoms with Crippen LogP contribution in [-0.4, -0.2) is 51.8 Å². The molecular formula is C19H24ClN5O3. The fourth-order valence-corrected chi connectivity index (χ4v) is 3.62. The quantitative estimate of drug-likeness (QED) is 0.442. The molecule has 0 amide bonds. The van der Waals surface area contributed by atoms with Crippen LogP contribution in [0.25, 0.3) is 0 Å². The second-order valence-corrected chi connectivity index (χ2v) is 7.35. The number of rotatable bonds is 4. The van der Waals surface area contributed by atoms with Gasteiger partial charge in [0.05, 0.1) is 25.2 Å². The van der Waals surface area contributed by atoms with Crippen LogP contribution in [0.3, 0.4) is 0 Å². The number of allylic oxidation sites excluding steroid dienone is 1. The van der Waals surface area contributed by atoms with Crippen LogP contribution in [0.15, 0.2) is 17.0 Å². The summed E-state index contributed by atoms with van der Waals surface area (Å²) in [6.45, 7) is 1.93. The molecule has 3 rings (SSSR count). The fraction of sp³-hybridized carbons (Fsp3) is 0.526. The van der Waals surface area contributed by atoms with Gasteiger partial charge in [-0.15, -0.1) is 0 Å². The number of nitrogens with two attached hydrogens (primary N) is 1. The molecule has 1 unspecified atom stereocenters. The highest BCUT2D eigenvalue weighted by Crippen LogP contribution is 2.30. The zero-order valence-corrected chi connectivity index (χ0v) is 16.6. The topological polar surface area (TPSA) is 126 Å². The number of ether oxygens (including phenoxy) is 1. The number of hydrogen-bond donors (Lipinski definition) is 4. The van der Waals surface area contributed by atoms with Crippen molar-refractivity contribution in [3.05, 3.63) is 22.7 Å². The normalized spacial score (nSPS) is 26.8. The van der Waals surface area contributed by atoms with Crippen LogP contribution < -0.4 is 11.1 Å². The van der Waals surface area contributed by atoms with Crippen LogP contribution in [0.2, 0.25) is 5.15 Å². The van der Waals surface area contributed by atoms with E-state index in [-0.39, 0.29) is 35.6 Å². The number of nitrogen functional groups attached to an aromatic ring is 1. The van der Waals surface area contributed by atoms with Gasteiger partial charge >= 0.3 is 0 Å². The fourth-order valence-electron chi connectivity index (χ4n) is 3.40. The molecule has 2 heterocycles.